The first-order valence-electron chi connectivity index (χ1n) is 8.80. The standard InChI is InChI=1S/C18H18F3N3O5/c19-18(20,21)29-14-6-2-1-4-11(14)8-22-15(25)13-9-23-17(27)24(16(13)26)10-12-5-3-7-28-12/h1-2,4,6,9,12H,3,5,7-8,10H2,(H,22,25)(H,23,27). The highest BCUT2D eigenvalue weighted by atomic mass is 19.4. The third kappa shape index (κ3) is 5.25. The van der Waals surface area contributed by atoms with Crippen molar-refractivity contribution >= 4 is 5.91 Å². The molecule has 0 aliphatic carbocycles. The summed E-state index contributed by atoms with van der Waals surface area (Å²) in [6, 6.07) is 5.31. The number of benzene rings is 1. The van der Waals surface area contributed by atoms with Gasteiger partial charge in [-0.2, -0.15) is 0 Å². The van der Waals surface area contributed by atoms with Gasteiger partial charge in [-0.1, -0.05) is 18.2 Å². The number of para-hydroxylation sites is 1. The average molecular weight is 413 g/mol. The quantitative estimate of drug-likeness (QED) is 0.748. The zero-order valence-electron chi connectivity index (χ0n) is 15.1. The minimum Gasteiger partial charge on any atom is -0.405 e. The highest BCUT2D eigenvalue weighted by Gasteiger charge is 2.32. The lowest BCUT2D eigenvalue weighted by Crippen LogP contribution is -2.42. The highest BCUT2D eigenvalue weighted by Crippen LogP contribution is 2.26. The number of amides is 1. The minimum absolute atomic E-state index is 0.0115. The molecule has 1 saturated heterocycles. The summed E-state index contributed by atoms with van der Waals surface area (Å²) in [5.41, 5.74) is -1.74. The van der Waals surface area contributed by atoms with Crippen molar-refractivity contribution in [1.29, 1.82) is 0 Å². The summed E-state index contributed by atoms with van der Waals surface area (Å²) in [6.07, 6.45) is -2.69. The maximum atomic E-state index is 12.5. The molecule has 156 valence electrons. The van der Waals surface area contributed by atoms with Gasteiger partial charge in [-0.3, -0.25) is 14.2 Å². The van der Waals surface area contributed by atoms with Crippen LogP contribution in [0.3, 0.4) is 0 Å². The van der Waals surface area contributed by atoms with Gasteiger partial charge >= 0.3 is 12.1 Å². The second kappa shape index (κ2) is 8.52. The Morgan fingerprint density at radius 3 is 2.76 bits per heavy atom. The van der Waals surface area contributed by atoms with E-state index in [4.69, 9.17) is 4.74 Å². The van der Waals surface area contributed by atoms with Crippen molar-refractivity contribution in [1.82, 2.24) is 14.9 Å². The molecule has 0 saturated carbocycles. The SMILES string of the molecule is O=C(NCc1ccccc1OC(F)(F)F)c1c[nH]c(=O)n(CC2CCCO2)c1=O. The van der Waals surface area contributed by atoms with Gasteiger partial charge in [0.1, 0.15) is 11.3 Å². The summed E-state index contributed by atoms with van der Waals surface area (Å²) < 4.78 is 47.7. The Morgan fingerprint density at radius 1 is 1.31 bits per heavy atom. The van der Waals surface area contributed by atoms with E-state index in [1.165, 1.54) is 18.2 Å². The van der Waals surface area contributed by atoms with Crippen LogP contribution >= 0.6 is 0 Å². The van der Waals surface area contributed by atoms with Gasteiger partial charge in [0, 0.05) is 24.9 Å². The van der Waals surface area contributed by atoms with Crippen LogP contribution in [-0.4, -0.2) is 34.5 Å². The number of aromatic nitrogens is 2. The lowest BCUT2D eigenvalue weighted by molar-refractivity contribution is -0.274. The van der Waals surface area contributed by atoms with E-state index in [0.29, 0.717) is 13.0 Å². The van der Waals surface area contributed by atoms with Crippen LogP contribution in [0, 0.1) is 0 Å². The van der Waals surface area contributed by atoms with Gasteiger partial charge in [0.15, 0.2) is 0 Å². The largest absolute Gasteiger partial charge is 0.573 e. The molecule has 1 fully saturated rings. The van der Waals surface area contributed by atoms with E-state index in [9.17, 15) is 27.6 Å². The maximum Gasteiger partial charge on any atom is 0.573 e. The Bertz CT molecular complexity index is 993. The molecule has 2 N–H and O–H groups in total. The first-order valence-corrected chi connectivity index (χ1v) is 8.80. The van der Waals surface area contributed by atoms with Crippen LogP contribution in [0.2, 0.25) is 0 Å². The molecule has 0 spiro atoms. The predicted molar refractivity (Wildman–Crippen MR) is 94.6 cm³/mol. The molecule has 1 aliphatic rings. The Balaban J connectivity index is 1.75. The molecular weight excluding hydrogens is 395 g/mol. The Hall–Kier alpha value is -3.08. The molecule has 3 rings (SSSR count). The predicted octanol–water partition coefficient (Wildman–Crippen LogP) is 1.54. The van der Waals surface area contributed by atoms with Gasteiger partial charge in [-0.15, -0.1) is 13.2 Å². The molecule has 1 aromatic carbocycles. The van der Waals surface area contributed by atoms with Crippen molar-refractivity contribution in [2.24, 2.45) is 0 Å². The number of H-pyrrole nitrogens is 1. The van der Waals surface area contributed by atoms with Crippen LogP contribution in [0.15, 0.2) is 40.1 Å². The molecule has 2 heterocycles. The number of rotatable bonds is 6. The minimum atomic E-state index is -4.88. The van der Waals surface area contributed by atoms with Crippen LogP contribution in [0.4, 0.5) is 13.2 Å². The van der Waals surface area contributed by atoms with Crippen molar-refractivity contribution in [3.8, 4) is 5.75 Å². The number of ether oxygens (including phenoxy) is 2. The fourth-order valence-electron chi connectivity index (χ4n) is 2.98. The van der Waals surface area contributed by atoms with Crippen LogP contribution < -0.4 is 21.3 Å². The van der Waals surface area contributed by atoms with Crippen molar-refractivity contribution in [2.45, 2.75) is 38.4 Å². The summed E-state index contributed by atoms with van der Waals surface area (Å²) in [5.74, 6) is -1.30. The molecule has 8 nitrogen and oxygen atoms in total. The van der Waals surface area contributed by atoms with Crippen LogP contribution in [0.1, 0.15) is 28.8 Å². The monoisotopic (exact) mass is 413 g/mol. The molecule has 29 heavy (non-hydrogen) atoms. The molecule has 0 bridgehead atoms. The molecule has 0 radical (unpaired) electrons. The fourth-order valence-corrected chi connectivity index (χ4v) is 2.98. The van der Waals surface area contributed by atoms with E-state index in [1.807, 2.05) is 0 Å². The van der Waals surface area contributed by atoms with Crippen molar-refractivity contribution < 1.29 is 27.4 Å². The third-order valence-corrected chi connectivity index (χ3v) is 4.35. The number of nitrogens with one attached hydrogen (secondary N) is 2. The van der Waals surface area contributed by atoms with Gasteiger partial charge < -0.3 is 19.8 Å². The van der Waals surface area contributed by atoms with E-state index >= 15 is 0 Å². The number of carbonyl (C=O) groups is 1. The Kier molecular flexibility index (Phi) is 6.06. The Morgan fingerprint density at radius 2 is 2.07 bits per heavy atom. The van der Waals surface area contributed by atoms with Crippen LogP contribution in [0.25, 0.3) is 0 Å². The average Bonchev–Trinajstić information content (AvgIpc) is 3.16. The van der Waals surface area contributed by atoms with Crippen molar-refractivity contribution in [3.05, 3.63) is 62.4 Å². The van der Waals surface area contributed by atoms with E-state index < -0.39 is 29.3 Å². The van der Waals surface area contributed by atoms with Gasteiger partial charge in [0.25, 0.3) is 11.5 Å². The summed E-state index contributed by atoms with van der Waals surface area (Å²) in [7, 11) is 0. The first kappa shape index (κ1) is 20.6. The first-order chi connectivity index (χ1) is 13.7. The summed E-state index contributed by atoms with van der Waals surface area (Å²) in [4.78, 5) is 39.2. The number of hydrogen-bond donors (Lipinski definition) is 2. The molecule has 1 amide bonds. The smallest absolute Gasteiger partial charge is 0.405 e. The molecule has 11 heteroatoms. The summed E-state index contributed by atoms with van der Waals surface area (Å²) >= 11 is 0. The fraction of sp³-hybridized carbons (Fsp3) is 0.389. The zero-order valence-corrected chi connectivity index (χ0v) is 15.1. The zero-order chi connectivity index (χ0) is 21.0. The number of hydrogen-bond acceptors (Lipinski definition) is 5. The third-order valence-electron chi connectivity index (χ3n) is 4.35. The van der Waals surface area contributed by atoms with Crippen LogP contribution in [0.5, 0.6) is 5.75 Å². The highest BCUT2D eigenvalue weighted by molar-refractivity contribution is 5.93. The van der Waals surface area contributed by atoms with Gasteiger partial charge in [0.05, 0.1) is 12.6 Å². The van der Waals surface area contributed by atoms with Gasteiger partial charge in [-0.05, 0) is 18.9 Å². The van der Waals surface area contributed by atoms with E-state index in [1.54, 1.807) is 0 Å². The van der Waals surface area contributed by atoms with E-state index in [-0.39, 0.29) is 30.3 Å². The topological polar surface area (TPSA) is 102 Å². The number of halogens is 3. The van der Waals surface area contributed by atoms with E-state index in [0.717, 1.165) is 23.3 Å². The molecule has 2 aromatic rings. The maximum absolute atomic E-state index is 12.5. The second-order valence-corrected chi connectivity index (χ2v) is 6.40. The number of alkyl halides is 3. The molecule has 1 aromatic heterocycles. The lowest BCUT2D eigenvalue weighted by Gasteiger charge is -2.14. The van der Waals surface area contributed by atoms with E-state index in [2.05, 4.69) is 15.0 Å². The Labute approximate surface area is 162 Å². The number of aromatic amines is 1. The number of nitrogens with zero attached hydrogens (tertiary/aromatic N) is 1. The van der Waals surface area contributed by atoms with Crippen molar-refractivity contribution in [3.63, 3.8) is 0 Å². The van der Waals surface area contributed by atoms with Gasteiger partial charge in [-0.25, -0.2) is 4.79 Å². The second-order valence-electron chi connectivity index (χ2n) is 6.40. The summed E-state index contributed by atoms with van der Waals surface area (Å²) in [5, 5.41) is 2.37. The van der Waals surface area contributed by atoms with Crippen LogP contribution in [-0.2, 0) is 17.8 Å². The summed E-state index contributed by atoms with van der Waals surface area (Å²) in [6.45, 7) is 0.240. The van der Waals surface area contributed by atoms with Gasteiger partial charge in [0.2, 0.25) is 0 Å². The molecular formula is C18H18F3N3O5. The van der Waals surface area contributed by atoms with Crippen molar-refractivity contribution in [2.75, 3.05) is 6.61 Å². The molecule has 1 unspecified atom stereocenters. The normalized spacial score (nSPS) is 16.6. The number of carbonyl (C=O) groups excluding carboxylic acids is 1. The molecule has 1 aliphatic heterocycles. The molecule has 1 atom stereocenters. The lowest BCUT2D eigenvalue weighted by atomic mass is 10.2.